The first-order valence-electron chi connectivity index (χ1n) is 8.08. The minimum Gasteiger partial charge on any atom is -0.496 e. The van der Waals surface area contributed by atoms with Crippen molar-refractivity contribution in [2.24, 2.45) is 0 Å². The zero-order valence-electron chi connectivity index (χ0n) is 14.5. The van der Waals surface area contributed by atoms with E-state index in [0.29, 0.717) is 31.0 Å². The van der Waals surface area contributed by atoms with Crippen molar-refractivity contribution >= 4 is 5.91 Å². The number of halogens is 1. The van der Waals surface area contributed by atoms with Crippen LogP contribution in [0.1, 0.15) is 30.2 Å². The summed E-state index contributed by atoms with van der Waals surface area (Å²) in [5.41, 5.74) is 0.660. The average molecular weight is 348 g/mol. The van der Waals surface area contributed by atoms with E-state index in [1.807, 2.05) is 11.5 Å². The summed E-state index contributed by atoms with van der Waals surface area (Å²) in [6.07, 6.45) is 0.146. The predicted octanol–water partition coefficient (Wildman–Crippen LogP) is 1.72. The second-order valence-electron chi connectivity index (χ2n) is 5.96. The van der Waals surface area contributed by atoms with Crippen LogP contribution in [0, 0.1) is 5.82 Å². The Morgan fingerprint density at radius 3 is 2.84 bits per heavy atom. The van der Waals surface area contributed by atoms with Crippen LogP contribution in [-0.2, 0) is 29.1 Å². The Morgan fingerprint density at radius 1 is 1.32 bits per heavy atom. The zero-order chi connectivity index (χ0) is 18.0. The second kappa shape index (κ2) is 7.18. The summed E-state index contributed by atoms with van der Waals surface area (Å²) < 4.78 is 25.6. The highest BCUT2D eigenvalue weighted by atomic mass is 19.1. The molecule has 1 atom stereocenters. The van der Waals surface area contributed by atoms with Crippen LogP contribution in [-0.4, -0.2) is 46.3 Å². The van der Waals surface area contributed by atoms with Crippen LogP contribution in [0.5, 0.6) is 5.75 Å². The first-order valence-corrected chi connectivity index (χ1v) is 8.08. The number of methoxy groups -OCH3 is 2. The van der Waals surface area contributed by atoms with Crippen LogP contribution in [0.4, 0.5) is 4.39 Å². The van der Waals surface area contributed by atoms with Crippen molar-refractivity contribution in [2.75, 3.05) is 20.8 Å². The molecule has 134 valence electrons. The van der Waals surface area contributed by atoms with Gasteiger partial charge >= 0.3 is 0 Å². The fourth-order valence-electron chi connectivity index (χ4n) is 3.15. The van der Waals surface area contributed by atoms with Gasteiger partial charge in [0.1, 0.15) is 18.2 Å². The number of hydrogen-bond donors (Lipinski definition) is 0. The minimum atomic E-state index is -0.391. The molecule has 0 N–H and O–H groups in total. The standard InChI is InChI=1S/C17H21FN4O3/c1-11-17-20-19-15(10-24-2)22(17)7-6-21(11)16(23)8-12-4-5-13(18)9-14(12)25-3/h4-5,9,11H,6-8,10H2,1-3H3/t11-/m0/s1. The van der Waals surface area contributed by atoms with Crippen LogP contribution < -0.4 is 4.74 Å². The molecule has 0 spiro atoms. The normalized spacial score (nSPS) is 16.6. The van der Waals surface area contributed by atoms with Gasteiger partial charge in [-0.15, -0.1) is 10.2 Å². The molecular weight excluding hydrogens is 327 g/mol. The summed E-state index contributed by atoms with van der Waals surface area (Å²) >= 11 is 0. The Bertz CT molecular complexity index is 777. The number of aromatic nitrogens is 3. The molecule has 1 aliphatic heterocycles. The van der Waals surface area contributed by atoms with Gasteiger partial charge in [0, 0.05) is 31.8 Å². The molecule has 0 saturated carbocycles. The zero-order valence-corrected chi connectivity index (χ0v) is 14.5. The van der Waals surface area contributed by atoms with Gasteiger partial charge in [-0.05, 0) is 13.0 Å². The van der Waals surface area contributed by atoms with Gasteiger partial charge in [0.2, 0.25) is 5.91 Å². The number of hydrogen-bond acceptors (Lipinski definition) is 5. The van der Waals surface area contributed by atoms with Crippen molar-refractivity contribution in [1.29, 1.82) is 0 Å². The van der Waals surface area contributed by atoms with Crippen LogP contribution >= 0.6 is 0 Å². The second-order valence-corrected chi connectivity index (χ2v) is 5.96. The Labute approximate surface area is 145 Å². The maximum atomic E-state index is 13.3. The smallest absolute Gasteiger partial charge is 0.227 e. The molecular formula is C17H21FN4O3. The van der Waals surface area contributed by atoms with Crippen molar-refractivity contribution < 1.29 is 18.7 Å². The van der Waals surface area contributed by atoms with Gasteiger partial charge in [-0.2, -0.15) is 0 Å². The van der Waals surface area contributed by atoms with E-state index in [9.17, 15) is 9.18 Å². The third kappa shape index (κ3) is 3.34. The topological polar surface area (TPSA) is 69.5 Å². The van der Waals surface area contributed by atoms with Gasteiger partial charge in [0.15, 0.2) is 11.6 Å². The summed E-state index contributed by atoms with van der Waals surface area (Å²) in [5, 5.41) is 8.35. The van der Waals surface area contributed by atoms with E-state index >= 15 is 0 Å². The number of carbonyl (C=O) groups excluding carboxylic acids is 1. The first kappa shape index (κ1) is 17.3. The lowest BCUT2D eigenvalue weighted by atomic mass is 10.1. The molecule has 25 heavy (non-hydrogen) atoms. The van der Waals surface area contributed by atoms with Crippen LogP contribution in [0.3, 0.4) is 0 Å². The minimum absolute atomic E-state index is 0.0556. The molecule has 2 heterocycles. The number of ether oxygens (including phenoxy) is 2. The molecule has 1 aliphatic rings. The Kier molecular flexibility index (Phi) is 4.98. The van der Waals surface area contributed by atoms with Gasteiger partial charge in [-0.25, -0.2) is 4.39 Å². The van der Waals surface area contributed by atoms with E-state index in [-0.39, 0.29) is 18.4 Å². The molecule has 0 aliphatic carbocycles. The average Bonchev–Trinajstić information content (AvgIpc) is 3.01. The summed E-state index contributed by atoms with van der Waals surface area (Å²) in [6.45, 7) is 3.50. The number of fused-ring (bicyclic) bond motifs is 1. The highest BCUT2D eigenvalue weighted by Crippen LogP contribution is 2.27. The lowest BCUT2D eigenvalue weighted by molar-refractivity contribution is -0.133. The van der Waals surface area contributed by atoms with E-state index in [2.05, 4.69) is 10.2 Å². The molecule has 0 radical (unpaired) electrons. The Morgan fingerprint density at radius 2 is 2.12 bits per heavy atom. The number of rotatable bonds is 5. The lowest BCUT2D eigenvalue weighted by Crippen LogP contribution is -2.42. The molecule has 2 aromatic rings. The van der Waals surface area contributed by atoms with E-state index in [1.54, 1.807) is 18.1 Å². The lowest BCUT2D eigenvalue weighted by Gasteiger charge is -2.34. The summed E-state index contributed by atoms with van der Waals surface area (Å²) in [7, 11) is 3.08. The van der Waals surface area contributed by atoms with E-state index in [0.717, 1.165) is 11.6 Å². The van der Waals surface area contributed by atoms with Crippen molar-refractivity contribution in [1.82, 2.24) is 19.7 Å². The van der Waals surface area contributed by atoms with Crippen LogP contribution in [0.15, 0.2) is 18.2 Å². The predicted molar refractivity (Wildman–Crippen MR) is 87.5 cm³/mol. The van der Waals surface area contributed by atoms with Crippen molar-refractivity contribution in [3.63, 3.8) is 0 Å². The van der Waals surface area contributed by atoms with Gasteiger partial charge in [-0.1, -0.05) is 6.07 Å². The molecule has 1 aromatic carbocycles. The maximum Gasteiger partial charge on any atom is 0.227 e. The van der Waals surface area contributed by atoms with Crippen LogP contribution in [0.25, 0.3) is 0 Å². The summed E-state index contributed by atoms with van der Waals surface area (Å²) in [4.78, 5) is 14.5. The summed E-state index contributed by atoms with van der Waals surface area (Å²) in [5.74, 6) is 1.44. The molecule has 0 fully saturated rings. The van der Waals surface area contributed by atoms with Gasteiger partial charge in [0.05, 0.1) is 19.6 Å². The molecule has 1 amide bonds. The first-order chi connectivity index (χ1) is 12.0. The van der Waals surface area contributed by atoms with Crippen molar-refractivity contribution in [2.45, 2.75) is 32.5 Å². The Balaban J connectivity index is 1.77. The highest BCUT2D eigenvalue weighted by Gasteiger charge is 2.31. The number of nitrogens with zero attached hydrogens (tertiary/aromatic N) is 4. The fraction of sp³-hybridized carbons (Fsp3) is 0.471. The molecule has 0 saturated heterocycles. The van der Waals surface area contributed by atoms with Gasteiger partial charge in [-0.3, -0.25) is 4.79 Å². The van der Waals surface area contributed by atoms with Crippen LogP contribution in [0.2, 0.25) is 0 Å². The largest absolute Gasteiger partial charge is 0.496 e. The van der Waals surface area contributed by atoms with Gasteiger partial charge in [0.25, 0.3) is 0 Å². The highest BCUT2D eigenvalue weighted by molar-refractivity contribution is 5.80. The SMILES string of the molecule is COCc1nnc2n1CCN(C(=O)Cc1ccc(F)cc1OC)[C@H]2C. The molecule has 8 heteroatoms. The van der Waals surface area contributed by atoms with E-state index in [1.165, 1.54) is 19.2 Å². The quantitative estimate of drug-likeness (QED) is 0.823. The molecule has 0 unspecified atom stereocenters. The number of benzene rings is 1. The molecule has 3 rings (SSSR count). The fourth-order valence-corrected chi connectivity index (χ4v) is 3.15. The summed E-state index contributed by atoms with van der Waals surface area (Å²) in [6, 6.07) is 4.01. The van der Waals surface area contributed by atoms with Crippen molar-refractivity contribution in [3.05, 3.63) is 41.2 Å². The third-order valence-corrected chi connectivity index (χ3v) is 4.45. The van der Waals surface area contributed by atoms with Crippen molar-refractivity contribution in [3.8, 4) is 5.75 Å². The molecule has 1 aromatic heterocycles. The monoisotopic (exact) mass is 348 g/mol. The Hall–Kier alpha value is -2.48. The number of carbonyl (C=O) groups is 1. The van der Waals surface area contributed by atoms with Gasteiger partial charge < -0.3 is 18.9 Å². The molecule has 7 nitrogen and oxygen atoms in total. The molecule has 0 bridgehead atoms. The number of amides is 1. The van der Waals surface area contributed by atoms with E-state index < -0.39 is 5.82 Å². The van der Waals surface area contributed by atoms with E-state index in [4.69, 9.17) is 9.47 Å². The third-order valence-electron chi connectivity index (χ3n) is 4.45. The maximum absolute atomic E-state index is 13.3.